The summed E-state index contributed by atoms with van der Waals surface area (Å²) >= 11 is 7.58. The number of thiazole rings is 1. The number of aromatic nitrogens is 1. The monoisotopic (exact) mass is 302 g/mol. The molecule has 5 heteroatoms. The number of alkyl halides is 1. The first-order valence-corrected chi connectivity index (χ1v) is 8.44. The van der Waals surface area contributed by atoms with E-state index in [0.29, 0.717) is 11.9 Å². The highest BCUT2D eigenvalue weighted by molar-refractivity contribution is 7.09. The first kappa shape index (κ1) is 15.2. The van der Waals surface area contributed by atoms with Crippen LogP contribution in [0.15, 0.2) is 5.38 Å². The average molecular weight is 303 g/mol. The fourth-order valence-electron chi connectivity index (χ4n) is 2.68. The molecule has 0 bridgehead atoms. The van der Waals surface area contributed by atoms with Crippen molar-refractivity contribution in [3.63, 3.8) is 0 Å². The van der Waals surface area contributed by atoms with Gasteiger partial charge in [0.15, 0.2) is 0 Å². The second kappa shape index (κ2) is 7.58. The van der Waals surface area contributed by atoms with Crippen LogP contribution >= 0.6 is 22.9 Å². The van der Waals surface area contributed by atoms with Crippen LogP contribution in [-0.2, 0) is 10.6 Å². The van der Waals surface area contributed by atoms with Crippen molar-refractivity contribution in [1.29, 1.82) is 0 Å². The Bertz CT molecular complexity index is 379. The Labute approximate surface area is 124 Å². The molecule has 1 aliphatic heterocycles. The summed E-state index contributed by atoms with van der Waals surface area (Å²) in [7, 11) is 2.21. The van der Waals surface area contributed by atoms with E-state index in [4.69, 9.17) is 16.3 Å². The maximum atomic E-state index is 5.84. The van der Waals surface area contributed by atoms with Crippen LogP contribution in [-0.4, -0.2) is 36.7 Å². The first-order valence-electron chi connectivity index (χ1n) is 7.02. The van der Waals surface area contributed by atoms with Crippen LogP contribution in [0.3, 0.4) is 0 Å². The Morgan fingerprint density at radius 1 is 1.53 bits per heavy atom. The fourth-order valence-corrected chi connectivity index (χ4v) is 3.97. The van der Waals surface area contributed by atoms with Crippen LogP contribution in [0.4, 0.5) is 0 Å². The molecule has 0 aliphatic carbocycles. The van der Waals surface area contributed by atoms with E-state index in [2.05, 4.69) is 29.2 Å². The number of nitrogens with zero attached hydrogens (tertiary/aromatic N) is 2. The third kappa shape index (κ3) is 4.15. The molecule has 1 aromatic rings. The highest BCUT2D eigenvalue weighted by Crippen LogP contribution is 2.28. The average Bonchev–Trinajstić information content (AvgIpc) is 2.89. The molecule has 1 atom stereocenters. The van der Waals surface area contributed by atoms with Crippen LogP contribution in [0.25, 0.3) is 0 Å². The number of ether oxygens (including phenoxy) is 1. The molecule has 1 saturated heterocycles. The molecule has 19 heavy (non-hydrogen) atoms. The molecule has 0 saturated carbocycles. The Morgan fingerprint density at radius 2 is 2.26 bits per heavy atom. The van der Waals surface area contributed by atoms with Crippen molar-refractivity contribution in [2.45, 2.75) is 38.1 Å². The number of rotatable bonds is 6. The van der Waals surface area contributed by atoms with E-state index in [1.54, 1.807) is 11.3 Å². The SMILES string of the molecule is CCC(c1nc(CCl)cs1)N(C)CC1CCOCC1. The van der Waals surface area contributed by atoms with Gasteiger partial charge in [-0.15, -0.1) is 22.9 Å². The lowest BCUT2D eigenvalue weighted by Gasteiger charge is -2.31. The fraction of sp³-hybridized carbons (Fsp3) is 0.786. The molecule has 108 valence electrons. The summed E-state index contributed by atoms with van der Waals surface area (Å²) in [4.78, 5) is 7.09. The molecule has 0 amide bonds. The maximum absolute atomic E-state index is 5.84. The van der Waals surface area contributed by atoms with Gasteiger partial charge in [-0.1, -0.05) is 6.92 Å². The van der Waals surface area contributed by atoms with Gasteiger partial charge < -0.3 is 4.74 Å². The largest absolute Gasteiger partial charge is 0.381 e. The number of halogens is 1. The van der Waals surface area contributed by atoms with Crippen LogP contribution in [0.2, 0.25) is 0 Å². The number of hydrogen-bond donors (Lipinski definition) is 0. The van der Waals surface area contributed by atoms with Crippen LogP contribution in [0.1, 0.15) is 42.9 Å². The Morgan fingerprint density at radius 3 is 2.84 bits per heavy atom. The zero-order valence-electron chi connectivity index (χ0n) is 11.8. The molecule has 2 heterocycles. The third-order valence-electron chi connectivity index (χ3n) is 3.80. The Balaban J connectivity index is 1.95. The van der Waals surface area contributed by atoms with E-state index in [9.17, 15) is 0 Å². The zero-order chi connectivity index (χ0) is 13.7. The summed E-state index contributed by atoms with van der Waals surface area (Å²) in [6, 6.07) is 0.421. The topological polar surface area (TPSA) is 25.4 Å². The van der Waals surface area contributed by atoms with E-state index >= 15 is 0 Å². The summed E-state index contributed by atoms with van der Waals surface area (Å²) in [6.45, 7) is 5.20. The normalized spacial score (nSPS) is 18.9. The van der Waals surface area contributed by atoms with Gasteiger partial charge in [0, 0.05) is 25.1 Å². The van der Waals surface area contributed by atoms with Crippen molar-refractivity contribution >= 4 is 22.9 Å². The predicted molar refractivity (Wildman–Crippen MR) is 80.9 cm³/mol. The van der Waals surface area contributed by atoms with Gasteiger partial charge in [0.25, 0.3) is 0 Å². The minimum atomic E-state index is 0.421. The summed E-state index contributed by atoms with van der Waals surface area (Å²) in [5.74, 6) is 1.27. The second-order valence-electron chi connectivity index (χ2n) is 5.23. The lowest BCUT2D eigenvalue weighted by Crippen LogP contribution is -2.32. The molecular formula is C14H23ClN2OS. The smallest absolute Gasteiger partial charge is 0.110 e. The van der Waals surface area contributed by atoms with E-state index in [-0.39, 0.29) is 0 Å². The molecule has 0 aromatic carbocycles. The maximum Gasteiger partial charge on any atom is 0.110 e. The van der Waals surface area contributed by atoms with Crippen LogP contribution in [0.5, 0.6) is 0 Å². The summed E-state index contributed by atoms with van der Waals surface area (Å²) in [6.07, 6.45) is 3.46. The van der Waals surface area contributed by atoms with E-state index < -0.39 is 0 Å². The van der Waals surface area contributed by atoms with Gasteiger partial charge in [-0.25, -0.2) is 4.98 Å². The molecule has 1 unspecified atom stereocenters. The lowest BCUT2D eigenvalue weighted by molar-refractivity contribution is 0.0499. The summed E-state index contributed by atoms with van der Waals surface area (Å²) in [5, 5.41) is 3.28. The molecular weight excluding hydrogens is 280 g/mol. The summed E-state index contributed by atoms with van der Waals surface area (Å²) in [5.41, 5.74) is 1.000. The molecule has 0 radical (unpaired) electrons. The van der Waals surface area contributed by atoms with Gasteiger partial charge in [-0.3, -0.25) is 4.90 Å². The minimum absolute atomic E-state index is 0.421. The van der Waals surface area contributed by atoms with Gasteiger partial charge in [0.05, 0.1) is 17.6 Å². The minimum Gasteiger partial charge on any atom is -0.381 e. The van der Waals surface area contributed by atoms with Crippen molar-refractivity contribution in [2.24, 2.45) is 5.92 Å². The van der Waals surface area contributed by atoms with E-state index in [0.717, 1.165) is 37.8 Å². The van der Waals surface area contributed by atoms with Crippen molar-refractivity contribution in [1.82, 2.24) is 9.88 Å². The first-order chi connectivity index (χ1) is 9.24. The van der Waals surface area contributed by atoms with Crippen molar-refractivity contribution in [3.05, 3.63) is 16.1 Å². The zero-order valence-corrected chi connectivity index (χ0v) is 13.3. The molecule has 0 N–H and O–H groups in total. The van der Waals surface area contributed by atoms with Gasteiger partial charge in [-0.2, -0.15) is 0 Å². The molecule has 1 fully saturated rings. The van der Waals surface area contributed by atoms with Crippen molar-refractivity contribution < 1.29 is 4.74 Å². The summed E-state index contributed by atoms with van der Waals surface area (Å²) < 4.78 is 5.43. The molecule has 3 nitrogen and oxygen atoms in total. The van der Waals surface area contributed by atoms with Gasteiger partial charge >= 0.3 is 0 Å². The second-order valence-corrected chi connectivity index (χ2v) is 6.39. The Kier molecular flexibility index (Phi) is 6.07. The highest BCUT2D eigenvalue weighted by Gasteiger charge is 2.22. The van der Waals surface area contributed by atoms with Gasteiger partial charge in [0.2, 0.25) is 0 Å². The molecule has 2 rings (SSSR count). The van der Waals surface area contributed by atoms with Crippen molar-refractivity contribution in [2.75, 3.05) is 26.8 Å². The molecule has 0 spiro atoms. The van der Waals surface area contributed by atoms with Crippen LogP contribution < -0.4 is 0 Å². The molecule has 1 aromatic heterocycles. The molecule has 1 aliphatic rings. The van der Waals surface area contributed by atoms with E-state index in [1.807, 2.05) is 0 Å². The predicted octanol–water partition coefficient (Wildman–Crippen LogP) is 3.69. The van der Waals surface area contributed by atoms with Crippen LogP contribution in [0, 0.1) is 5.92 Å². The van der Waals surface area contributed by atoms with Crippen molar-refractivity contribution in [3.8, 4) is 0 Å². The van der Waals surface area contributed by atoms with E-state index in [1.165, 1.54) is 17.8 Å². The lowest BCUT2D eigenvalue weighted by atomic mass is 9.99. The standard InChI is InChI=1S/C14H23ClN2OS/c1-3-13(14-16-12(8-15)10-19-14)17(2)9-11-4-6-18-7-5-11/h10-11,13H,3-9H2,1-2H3. The van der Waals surface area contributed by atoms with Gasteiger partial charge in [-0.05, 0) is 32.2 Å². The third-order valence-corrected chi connectivity index (χ3v) is 5.07. The highest BCUT2D eigenvalue weighted by atomic mass is 35.5. The number of hydrogen-bond acceptors (Lipinski definition) is 4. The van der Waals surface area contributed by atoms with Gasteiger partial charge in [0.1, 0.15) is 5.01 Å². The quantitative estimate of drug-likeness (QED) is 0.749. The Hall–Kier alpha value is -0.160.